The third kappa shape index (κ3) is 1.85. The van der Waals surface area contributed by atoms with Crippen LogP contribution in [0.15, 0.2) is 18.3 Å². The number of nitrogens with two attached hydrogens (primary N) is 1. The predicted octanol–water partition coefficient (Wildman–Crippen LogP) is 3.77. The van der Waals surface area contributed by atoms with Gasteiger partial charge in [-0.1, -0.05) is 24.5 Å². The molecule has 0 bridgehead atoms. The molecule has 1 aromatic heterocycles. The summed E-state index contributed by atoms with van der Waals surface area (Å²) in [5, 5.41) is 1.38. The van der Waals surface area contributed by atoms with E-state index in [9.17, 15) is 0 Å². The molecule has 96 valence electrons. The molecule has 18 heavy (non-hydrogen) atoms. The highest BCUT2D eigenvalue weighted by Gasteiger charge is 2.25. The maximum absolute atomic E-state index is 6.32. The lowest BCUT2D eigenvalue weighted by Gasteiger charge is -2.28. The first-order valence-corrected chi connectivity index (χ1v) is 7.00. The van der Waals surface area contributed by atoms with Crippen molar-refractivity contribution in [2.24, 2.45) is 5.73 Å². The highest BCUT2D eigenvalue weighted by Crippen LogP contribution is 2.36. The van der Waals surface area contributed by atoms with Gasteiger partial charge >= 0.3 is 0 Å². The predicted molar refractivity (Wildman–Crippen MR) is 77.0 cm³/mol. The summed E-state index contributed by atoms with van der Waals surface area (Å²) >= 11 is 0. The summed E-state index contributed by atoms with van der Waals surface area (Å²) < 4.78 is 0. The molecule has 0 amide bonds. The van der Waals surface area contributed by atoms with Crippen molar-refractivity contribution in [3.8, 4) is 0 Å². The number of benzene rings is 1. The molecule has 2 nitrogen and oxygen atoms in total. The van der Waals surface area contributed by atoms with Crippen molar-refractivity contribution in [3.63, 3.8) is 0 Å². The molecule has 0 radical (unpaired) electrons. The number of fused-ring (bicyclic) bond motifs is 1. The normalized spacial score (nSPS) is 24.6. The van der Waals surface area contributed by atoms with Gasteiger partial charge in [0, 0.05) is 29.1 Å². The quantitative estimate of drug-likeness (QED) is 0.785. The van der Waals surface area contributed by atoms with Gasteiger partial charge in [-0.25, -0.2) is 0 Å². The van der Waals surface area contributed by atoms with Crippen molar-refractivity contribution < 1.29 is 0 Å². The van der Waals surface area contributed by atoms with Crippen molar-refractivity contribution >= 4 is 10.9 Å². The summed E-state index contributed by atoms with van der Waals surface area (Å²) in [6.45, 7) is 4.35. The van der Waals surface area contributed by atoms with E-state index in [-0.39, 0.29) is 0 Å². The van der Waals surface area contributed by atoms with E-state index in [4.69, 9.17) is 5.73 Å². The Bertz CT molecular complexity index is 568. The Morgan fingerprint density at radius 2 is 1.94 bits per heavy atom. The van der Waals surface area contributed by atoms with Crippen LogP contribution >= 0.6 is 0 Å². The van der Waals surface area contributed by atoms with Gasteiger partial charge in [0.05, 0.1) is 0 Å². The Morgan fingerprint density at radius 3 is 2.72 bits per heavy atom. The molecule has 0 aliphatic heterocycles. The van der Waals surface area contributed by atoms with Crippen LogP contribution in [0.1, 0.15) is 48.3 Å². The molecule has 3 rings (SSSR count). The largest absolute Gasteiger partial charge is 0.361 e. The minimum atomic E-state index is 0.332. The number of aromatic nitrogens is 1. The molecule has 1 aromatic carbocycles. The van der Waals surface area contributed by atoms with Crippen LogP contribution in [0.5, 0.6) is 0 Å². The first-order valence-electron chi connectivity index (χ1n) is 7.00. The Labute approximate surface area is 109 Å². The molecule has 1 unspecified atom stereocenters. The summed E-state index contributed by atoms with van der Waals surface area (Å²) in [7, 11) is 0. The summed E-state index contributed by atoms with van der Waals surface area (Å²) in [6.07, 6.45) is 7.20. The van der Waals surface area contributed by atoms with Crippen LogP contribution in [0.25, 0.3) is 10.9 Å². The zero-order chi connectivity index (χ0) is 12.7. The number of aromatic amines is 1. The molecule has 2 atom stereocenters. The fraction of sp³-hybridized carbons (Fsp3) is 0.500. The Morgan fingerprint density at radius 1 is 1.17 bits per heavy atom. The minimum absolute atomic E-state index is 0.332. The second-order valence-electron chi connectivity index (χ2n) is 5.80. The average Bonchev–Trinajstić information content (AvgIpc) is 2.73. The maximum Gasteiger partial charge on any atom is 0.0486 e. The molecule has 1 saturated carbocycles. The molecule has 0 saturated heterocycles. The van der Waals surface area contributed by atoms with E-state index >= 15 is 0 Å². The van der Waals surface area contributed by atoms with Gasteiger partial charge in [-0.15, -0.1) is 0 Å². The molecule has 1 aliphatic rings. The molecule has 1 fully saturated rings. The smallest absolute Gasteiger partial charge is 0.0486 e. The number of hydrogen-bond acceptors (Lipinski definition) is 1. The summed E-state index contributed by atoms with van der Waals surface area (Å²) in [6, 6.07) is 4.87. The van der Waals surface area contributed by atoms with Crippen LogP contribution in [0.2, 0.25) is 0 Å². The summed E-state index contributed by atoms with van der Waals surface area (Å²) in [5.41, 5.74) is 11.7. The minimum Gasteiger partial charge on any atom is -0.361 e. The van der Waals surface area contributed by atoms with E-state index in [1.54, 1.807) is 0 Å². The van der Waals surface area contributed by atoms with Crippen molar-refractivity contribution in [2.75, 3.05) is 0 Å². The Kier molecular flexibility index (Phi) is 2.90. The molecule has 3 N–H and O–H groups in total. The SMILES string of the molecule is Cc1cc(C)c2[nH]cc(C3CCCC[C@@H]3N)c2c1. The van der Waals surface area contributed by atoms with Crippen LogP contribution < -0.4 is 5.73 Å². The third-order valence-electron chi connectivity index (χ3n) is 4.38. The van der Waals surface area contributed by atoms with E-state index in [1.807, 2.05) is 0 Å². The third-order valence-corrected chi connectivity index (χ3v) is 4.38. The van der Waals surface area contributed by atoms with Gasteiger partial charge in [0.25, 0.3) is 0 Å². The average molecular weight is 242 g/mol. The fourth-order valence-electron chi connectivity index (χ4n) is 3.47. The van der Waals surface area contributed by atoms with Crippen LogP contribution in [-0.2, 0) is 0 Å². The van der Waals surface area contributed by atoms with Gasteiger partial charge in [-0.05, 0) is 43.9 Å². The molecular weight excluding hydrogens is 220 g/mol. The molecule has 1 aliphatic carbocycles. The van der Waals surface area contributed by atoms with Crippen LogP contribution in [0.3, 0.4) is 0 Å². The van der Waals surface area contributed by atoms with Crippen molar-refractivity contribution in [3.05, 3.63) is 35.0 Å². The lowest BCUT2D eigenvalue weighted by Crippen LogP contribution is -2.31. The second-order valence-corrected chi connectivity index (χ2v) is 5.80. The zero-order valence-electron chi connectivity index (χ0n) is 11.3. The van der Waals surface area contributed by atoms with E-state index in [0.717, 1.165) is 0 Å². The van der Waals surface area contributed by atoms with Crippen molar-refractivity contribution in [2.45, 2.75) is 51.5 Å². The maximum atomic E-state index is 6.32. The highest BCUT2D eigenvalue weighted by atomic mass is 14.7. The van der Waals surface area contributed by atoms with Crippen LogP contribution in [0.4, 0.5) is 0 Å². The monoisotopic (exact) mass is 242 g/mol. The number of nitrogens with one attached hydrogen (secondary N) is 1. The number of aryl methyl sites for hydroxylation is 2. The second kappa shape index (κ2) is 4.43. The molecular formula is C16H22N2. The topological polar surface area (TPSA) is 41.8 Å². The van der Waals surface area contributed by atoms with Crippen LogP contribution in [-0.4, -0.2) is 11.0 Å². The van der Waals surface area contributed by atoms with E-state index < -0.39 is 0 Å². The molecule has 2 heteroatoms. The summed E-state index contributed by atoms with van der Waals surface area (Å²) in [5.74, 6) is 0.536. The summed E-state index contributed by atoms with van der Waals surface area (Å²) in [4.78, 5) is 3.45. The zero-order valence-corrected chi connectivity index (χ0v) is 11.3. The molecule has 0 spiro atoms. The molecule has 2 aromatic rings. The Hall–Kier alpha value is -1.28. The van der Waals surface area contributed by atoms with Crippen LogP contribution in [0, 0.1) is 13.8 Å². The lowest BCUT2D eigenvalue weighted by atomic mass is 9.80. The number of hydrogen-bond donors (Lipinski definition) is 2. The highest BCUT2D eigenvalue weighted by molar-refractivity contribution is 5.87. The van der Waals surface area contributed by atoms with Gasteiger partial charge in [0.15, 0.2) is 0 Å². The first-order chi connectivity index (χ1) is 8.66. The van der Waals surface area contributed by atoms with E-state index in [2.05, 4.69) is 37.2 Å². The Balaban J connectivity index is 2.11. The van der Waals surface area contributed by atoms with Gasteiger partial charge in [-0.3, -0.25) is 0 Å². The van der Waals surface area contributed by atoms with Gasteiger partial charge in [-0.2, -0.15) is 0 Å². The van der Waals surface area contributed by atoms with Gasteiger partial charge < -0.3 is 10.7 Å². The number of rotatable bonds is 1. The fourth-order valence-corrected chi connectivity index (χ4v) is 3.47. The van der Waals surface area contributed by atoms with E-state index in [0.29, 0.717) is 12.0 Å². The van der Waals surface area contributed by atoms with Crippen molar-refractivity contribution in [1.29, 1.82) is 0 Å². The lowest BCUT2D eigenvalue weighted by molar-refractivity contribution is 0.387. The van der Waals surface area contributed by atoms with Crippen molar-refractivity contribution in [1.82, 2.24) is 4.98 Å². The standard InChI is InChI=1S/C16H22N2/c1-10-7-11(2)16-13(8-10)14(9-18-16)12-5-3-4-6-15(12)17/h7-9,12,15,18H,3-6,17H2,1-2H3/t12?,15-/m0/s1. The molecule has 1 heterocycles. The van der Waals surface area contributed by atoms with E-state index in [1.165, 1.54) is 53.3 Å². The number of H-pyrrole nitrogens is 1. The van der Waals surface area contributed by atoms with Gasteiger partial charge in [0.2, 0.25) is 0 Å². The van der Waals surface area contributed by atoms with Gasteiger partial charge in [0.1, 0.15) is 0 Å². The first kappa shape index (κ1) is 11.8.